The summed E-state index contributed by atoms with van der Waals surface area (Å²) in [6, 6.07) is 15.3. The molecule has 31 heavy (non-hydrogen) atoms. The van der Waals surface area contributed by atoms with E-state index in [1.807, 2.05) is 0 Å². The summed E-state index contributed by atoms with van der Waals surface area (Å²) in [5.74, 6) is -0.879. The lowest BCUT2D eigenvalue weighted by Crippen LogP contribution is -2.23. The van der Waals surface area contributed by atoms with E-state index < -0.39 is 26.7 Å². The van der Waals surface area contributed by atoms with E-state index in [1.54, 1.807) is 18.2 Å². The molecule has 0 aliphatic carbocycles. The van der Waals surface area contributed by atoms with Gasteiger partial charge in [-0.3, -0.25) is 19.6 Å². The van der Waals surface area contributed by atoms with Crippen molar-refractivity contribution in [2.75, 3.05) is 4.72 Å². The number of nitro groups is 1. The fourth-order valence-electron chi connectivity index (χ4n) is 2.78. The third-order valence-corrected chi connectivity index (χ3v) is 5.86. The van der Waals surface area contributed by atoms with Crippen molar-refractivity contribution in [1.82, 2.24) is 5.32 Å². The molecule has 1 amide bonds. The van der Waals surface area contributed by atoms with Gasteiger partial charge in [0.15, 0.2) is 0 Å². The van der Waals surface area contributed by atoms with Gasteiger partial charge in [0, 0.05) is 35.0 Å². The molecule has 0 aromatic heterocycles. The van der Waals surface area contributed by atoms with Gasteiger partial charge in [-0.05, 0) is 43.3 Å². The first kappa shape index (κ1) is 21.9. The second-order valence-electron chi connectivity index (χ2n) is 6.66. The minimum Gasteiger partial charge on any atom is -0.348 e. The fraction of sp³-hybridized carbons (Fsp3) is 0.0952. The fourth-order valence-corrected chi connectivity index (χ4v) is 3.85. The highest BCUT2D eigenvalue weighted by atomic mass is 32.2. The summed E-state index contributed by atoms with van der Waals surface area (Å²) >= 11 is 0. The lowest BCUT2D eigenvalue weighted by molar-refractivity contribution is -0.385. The zero-order valence-electron chi connectivity index (χ0n) is 16.3. The van der Waals surface area contributed by atoms with E-state index in [0.717, 1.165) is 6.07 Å². The van der Waals surface area contributed by atoms with Crippen LogP contribution >= 0.6 is 0 Å². The summed E-state index contributed by atoms with van der Waals surface area (Å²) in [5, 5.41) is 13.6. The van der Waals surface area contributed by atoms with Gasteiger partial charge in [0.05, 0.1) is 9.82 Å². The zero-order chi connectivity index (χ0) is 22.6. The number of benzene rings is 3. The summed E-state index contributed by atoms with van der Waals surface area (Å²) in [6.07, 6.45) is 0. The third kappa shape index (κ3) is 5.23. The van der Waals surface area contributed by atoms with Gasteiger partial charge >= 0.3 is 0 Å². The molecule has 3 rings (SSSR count). The zero-order valence-corrected chi connectivity index (χ0v) is 17.1. The minimum absolute atomic E-state index is 0.00604. The predicted octanol–water partition coefficient (Wildman–Crippen LogP) is 3.77. The Bertz CT molecular complexity index is 1240. The molecule has 160 valence electrons. The molecular formula is C21H18FN3O5S. The quantitative estimate of drug-likeness (QED) is 0.426. The van der Waals surface area contributed by atoms with E-state index in [2.05, 4.69) is 10.0 Å². The molecule has 0 saturated carbocycles. The first-order chi connectivity index (χ1) is 14.7. The number of carbonyl (C=O) groups is 1. The molecule has 0 heterocycles. The Morgan fingerprint density at radius 3 is 2.39 bits per heavy atom. The van der Waals surface area contributed by atoms with Crippen LogP contribution in [0.25, 0.3) is 0 Å². The average molecular weight is 443 g/mol. The molecule has 0 atom stereocenters. The Balaban J connectivity index is 1.70. The normalized spacial score (nSPS) is 11.0. The van der Waals surface area contributed by atoms with Crippen molar-refractivity contribution in [2.45, 2.75) is 18.4 Å². The van der Waals surface area contributed by atoms with Gasteiger partial charge in [0.25, 0.3) is 21.6 Å². The highest BCUT2D eigenvalue weighted by molar-refractivity contribution is 7.92. The molecular weight excluding hydrogens is 425 g/mol. The SMILES string of the molecule is Cc1ccc(S(=O)(=O)Nc2ccc(C(=O)NCc3ccccc3F)cc2)cc1[N+](=O)[O-]. The van der Waals surface area contributed by atoms with Crippen molar-refractivity contribution in [3.05, 3.63) is 99.4 Å². The standard InChI is InChI=1S/C21H18FN3O5S/c1-14-6-11-18(12-20(14)25(27)28)31(29,30)24-17-9-7-15(8-10-17)21(26)23-13-16-4-2-3-5-19(16)22/h2-12,24H,13H2,1H3,(H,23,26). The van der Waals surface area contributed by atoms with Crippen molar-refractivity contribution in [3.63, 3.8) is 0 Å². The van der Waals surface area contributed by atoms with Crippen molar-refractivity contribution in [2.24, 2.45) is 0 Å². The number of nitrogens with zero attached hydrogens (tertiary/aromatic N) is 1. The Morgan fingerprint density at radius 2 is 1.74 bits per heavy atom. The summed E-state index contributed by atoms with van der Waals surface area (Å²) in [5.41, 5.74) is 0.811. The molecule has 2 N–H and O–H groups in total. The van der Waals surface area contributed by atoms with Crippen LogP contribution in [-0.4, -0.2) is 19.2 Å². The lowest BCUT2D eigenvalue weighted by atomic mass is 10.1. The van der Waals surface area contributed by atoms with Gasteiger partial charge in [0.1, 0.15) is 5.82 Å². The van der Waals surface area contributed by atoms with Crippen molar-refractivity contribution < 1.29 is 22.5 Å². The van der Waals surface area contributed by atoms with E-state index in [0.29, 0.717) is 11.1 Å². The Labute approximate surface area is 177 Å². The van der Waals surface area contributed by atoms with Crippen LogP contribution in [0, 0.1) is 22.9 Å². The van der Waals surface area contributed by atoms with E-state index in [-0.39, 0.29) is 28.4 Å². The summed E-state index contributed by atoms with van der Waals surface area (Å²) in [7, 11) is -4.07. The van der Waals surface area contributed by atoms with Gasteiger partial charge in [-0.25, -0.2) is 12.8 Å². The van der Waals surface area contributed by atoms with Crippen molar-refractivity contribution in [3.8, 4) is 0 Å². The molecule has 0 unspecified atom stereocenters. The van der Waals surface area contributed by atoms with E-state index in [9.17, 15) is 27.7 Å². The van der Waals surface area contributed by atoms with E-state index in [4.69, 9.17) is 0 Å². The topological polar surface area (TPSA) is 118 Å². The molecule has 3 aromatic rings. The molecule has 0 bridgehead atoms. The number of aryl methyl sites for hydroxylation is 1. The number of nitrogens with one attached hydrogen (secondary N) is 2. The molecule has 0 fully saturated rings. The second-order valence-corrected chi connectivity index (χ2v) is 8.34. The first-order valence-electron chi connectivity index (χ1n) is 9.07. The molecule has 10 heteroatoms. The molecule has 0 aliphatic heterocycles. The number of rotatable bonds is 7. The Kier molecular flexibility index (Phi) is 6.30. The lowest BCUT2D eigenvalue weighted by Gasteiger charge is -2.10. The number of hydrogen-bond donors (Lipinski definition) is 2. The first-order valence-corrected chi connectivity index (χ1v) is 10.6. The number of anilines is 1. The van der Waals surface area contributed by atoms with Crippen LogP contribution in [0.2, 0.25) is 0 Å². The number of nitro benzene ring substituents is 1. The average Bonchev–Trinajstić information content (AvgIpc) is 2.73. The van der Waals surface area contributed by atoms with Crippen LogP contribution in [0.1, 0.15) is 21.5 Å². The van der Waals surface area contributed by atoms with Gasteiger partial charge in [-0.15, -0.1) is 0 Å². The highest BCUT2D eigenvalue weighted by Crippen LogP contribution is 2.24. The molecule has 0 aliphatic rings. The number of carbonyl (C=O) groups excluding carboxylic acids is 1. The number of halogens is 1. The number of hydrogen-bond acceptors (Lipinski definition) is 5. The Hall–Kier alpha value is -3.79. The second kappa shape index (κ2) is 8.92. The highest BCUT2D eigenvalue weighted by Gasteiger charge is 2.20. The maximum absolute atomic E-state index is 13.6. The number of sulfonamides is 1. The van der Waals surface area contributed by atoms with E-state index in [1.165, 1.54) is 49.4 Å². The van der Waals surface area contributed by atoms with Crippen LogP contribution in [0.5, 0.6) is 0 Å². The summed E-state index contributed by atoms with van der Waals surface area (Å²) in [4.78, 5) is 22.4. The molecule has 3 aromatic carbocycles. The Morgan fingerprint density at radius 1 is 1.06 bits per heavy atom. The van der Waals surface area contributed by atoms with Gasteiger partial charge in [0.2, 0.25) is 0 Å². The van der Waals surface area contributed by atoms with Crippen LogP contribution in [0.3, 0.4) is 0 Å². The maximum Gasteiger partial charge on any atom is 0.273 e. The van der Waals surface area contributed by atoms with Crippen molar-refractivity contribution >= 4 is 27.3 Å². The summed E-state index contributed by atoms with van der Waals surface area (Å²) < 4.78 is 41.0. The number of amides is 1. The third-order valence-electron chi connectivity index (χ3n) is 4.48. The van der Waals surface area contributed by atoms with E-state index >= 15 is 0 Å². The molecule has 0 spiro atoms. The van der Waals surface area contributed by atoms with Crippen LogP contribution in [0.15, 0.2) is 71.6 Å². The summed E-state index contributed by atoms with van der Waals surface area (Å²) in [6.45, 7) is 1.52. The van der Waals surface area contributed by atoms with Crippen molar-refractivity contribution in [1.29, 1.82) is 0 Å². The van der Waals surface area contributed by atoms with Crippen LogP contribution in [0.4, 0.5) is 15.8 Å². The van der Waals surface area contributed by atoms with Crippen LogP contribution < -0.4 is 10.0 Å². The van der Waals surface area contributed by atoms with Gasteiger partial charge < -0.3 is 5.32 Å². The largest absolute Gasteiger partial charge is 0.348 e. The molecule has 0 radical (unpaired) electrons. The minimum atomic E-state index is -4.07. The maximum atomic E-state index is 13.6. The van der Waals surface area contributed by atoms with Gasteiger partial charge in [-0.2, -0.15) is 0 Å². The smallest absolute Gasteiger partial charge is 0.273 e. The van der Waals surface area contributed by atoms with Crippen LogP contribution in [-0.2, 0) is 16.6 Å². The monoisotopic (exact) mass is 443 g/mol. The molecule has 8 nitrogen and oxygen atoms in total. The molecule has 0 saturated heterocycles. The van der Waals surface area contributed by atoms with Gasteiger partial charge in [-0.1, -0.05) is 24.3 Å². The predicted molar refractivity (Wildman–Crippen MR) is 113 cm³/mol.